The zero-order valence-corrected chi connectivity index (χ0v) is 19.2. The van der Waals surface area contributed by atoms with Gasteiger partial charge in [-0.25, -0.2) is 14.0 Å². The summed E-state index contributed by atoms with van der Waals surface area (Å²) in [6, 6.07) is 0.691. The van der Waals surface area contributed by atoms with Gasteiger partial charge in [-0.1, -0.05) is 13.8 Å². The first-order chi connectivity index (χ1) is 14.5. The number of hydrogen-bond donors (Lipinski definition) is 2. The number of alkyl halides is 3. The molecule has 0 bridgehead atoms. The third-order valence-corrected chi connectivity index (χ3v) is 5.82. The van der Waals surface area contributed by atoms with Crippen molar-refractivity contribution < 1.29 is 36.6 Å². The van der Waals surface area contributed by atoms with Crippen LogP contribution in [0.3, 0.4) is 0 Å². The fraction of sp³-hybridized carbons (Fsp3) is 0.636. The summed E-state index contributed by atoms with van der Waals surface area (Å²) in [5.74, 6) is -2.65. The van der Waals surface area contributed by atoms with Crippen molar-refractivity contribution >= 4 is 17.7 Å². The number of benzene rings is 1. The summed E-state index contributed by atoms with van der Waals surface area (Å²) in [7, 11) is 1.06. The van der Waals surface area contributed by atoms with E-state index < -0.39 is 52.4 Å². The molecule has 0 aromatic heterocycles. The number of carbonyl (C=O) groups is 2. The molecule has 0 saturated heterocycles. The quantitative estimate of drug-likeness (QED) is 0.454. The van der Waals surface area contributed by atoms with Crippen molar-refractivity contribution in [1.29, 1.82) is 0 Å². The molecule has 1 aliphatic carbocycles. The molecule has 0 spiro atoms. The van der Waals surface area contributed by atoms with Crippen LogP contribution in [0, 0.1) is 17.2 Å². The average molecular weight is 462 g/mol. The van der Waals surface area contributed by atoms with E-state index in [1.54, 1.807) is 27.7 Å². The van der Waals surface area contributed by atoms with Gasteiger partial charge in [0.25, 0.3) is 0 Å². The Balaban J connectivity index is 2.22. The molecule has 1 aliphatic rings. The van der Waals surface area contributed by atoms with Gasteiger partial charge >= 0.3 is 18.2 Å². The third-order valence-electron chi connectivity index (χ3n) is 5.82. The van der Waals surface area contributed by atoms with Gasteiger partial charge in [0, 0.05) is 12.1 Å². The van der Waals surface area contributed by atoms with Crippen molar-refractivity contribution in [1.82, 2.24) is 5.32 Å². The predicted octanol–water partition coefficient (Wildman–Crippen LogP) is 5.37. The van der Waals surface area contributed by atoms with E-state index in [0.29, 0.717) is 12.5 Å². The van der Waals surface area contributed by atoms with Crippen molar-refractivity contribution in [3.8, 4) is 0 Å². The van der Waals surface area contributed by atoms with Crippen LogP contribution in [0.1, 0.15) is 63.9 Å². The highest BCUT2D eigenvalue weighted by Gasteiger charge is 2.51. The van der Waals surface area contributed by atoms with Gasteiger partial charge in [-0.3, -0.25) is 0 Å². The van der Waals surface area contributed by atoms with Crippen molar-refractivity contribution in [3.63, 3.8) is 0 Å². The zero-order chi connectivity index (χ0) is 24.6. The second kappa shape index (κ2) is 8.78. The minimum atomic E-state index is -4.96. The minimum absolute atomic E-state index is 0.145. The van der Waals surface area contributed by atoms with Gasteiger partial charge in [-0.2, -0.15) is 13.2 Å². The SMILES string of the molecule is COC(=O)c1cc(F)c(C(F)(F)F)c(N[C@@H](C)[C@H]2C[C@@H](NC(=O)OC(C)(C)C)C2(C)C)c1. The Bertz CT molecular complexity index is 878. The molecule has 180 valence electrons. The minimum Gasteiger partial charge on any atom is -0.465 e. The molecule has 2 rings (SSSR count). The number of anilines is 1. The number of carbonyl (C=O) groups excluding carboxylic acids is 2. The summed E-state index contributed by atoms with van der Waals surface area (Å²) < 4.78 is 64.6. The Hall–Kier alpha value is -2.52. The summed E-state index contributed by atoms with van der Waals surface area (Å²) in [5, 5.41) is 5.53. The van der Waals surface area contributed by atoms with E-state index in [0.717, 1.165) is 13.2 Å². The van der Waals surface area contributed by atoms with E-state index in [1.165, 1.54) is 0 Å². The maximum atomic E-state index is 14.3. The van der Waals surface area contributed by atoms with Crippen molar-refractivity contribution in [3.05, 3.63) is 29.1 Å². The number of methoxy groups -OCH3 is 1. The van der Waals surface area contributed by atoms with Crippen LogP contribution >= 0.6 is 0 Å². The van der Waals surface area contributed by atoms with Crippen LogP contribution in [0.4, 0.5) is 28.0 Å². The Kier molecular flexibility index (Phi) is 7.07. The smallest absolute Gasteiger partial charge is 0.421 e. The van der Waals surface area contributed by atoms with Crippen LogP contribution in [0.5, 0.6) is 0 Å². The molecule has 1 aromatic carbocycles. The predicted molar refractivity (Wildman–Crippen MR) is 111 cm³/mol. The van der Waals surface area contributed by atoms with Crippen LogP contribution in [0.25, 0.3) is 0 Å². The van der Waals surface area contributed by atoms with E-state index >= 15 is 0 Å². The number of esters is 1. The Morgan fingerprint density at radius 1 is 1.19 bits per heavy atom. The highest BCUT2D eigenvalue weighted by Crippen LogP contribution is 2.49. The van der Waals surface area contributed by atoms with E-state index in [1.807, 2.05) is 13.8 Å². The first-order valence-corrected chi connectivity index (χ1v) is 10.2. The highest BCUT2D eigenvalue weighted by molar-refractivity contribution is 5.91. The van der Waals surface area contributed by atoms with Crippen molar-refractivity contribution in [2.24, 2.45) is 11.3 Å². The maximum absolute atomic E-state index is 14.3. The number of ether oxygens (including phenoxy) is 2. The Morgan fingerprint density at radius 3 is 2.25 bits per heavy atom. The van der Waals surface area contributed by atoms with Crippen LogP contribution in [-0.4, -0.2) is 36.9 Å². The lowest BCUT2D eigenvalue weighted by Crippen LogP contribution is -2.62. The molecule has 3 atom stereocenters. The molecule has 0 radical (unpaired) electrons. The van der Waals surface area contributed by atoms with Crippen molar-refractivity contribution in [2.75, 3.05) is 12.4 Å². The number of hydrogen-bond acceptors (Lipinski definition) is 5. The summed E-state index contributed by atoms with van der Waals surface area (Å²) in [6.07, 6.45) is -5.04. The fourth-order valence-corrected chi connectivity index (χ4v) is 4.09. The molecule has 10 heteroatoms. The molecule has 1 saturated carbocycles. The number of amides is 1. The van der Waals surface area contributed by atoms with Crippen LogP contribution in [0.15, 0.2) is 12.1 Å². The Morgan fingerprint density at radius 2 is 1.78 bits per heavy atom. The normalized spacial score (nSPS) is 21.2. The van der Waals surface area contributed by atoms with E-state index in [9.17, 15) is 27.2 Å². The van der Waals surface area contributed by atoms with Gasteiger partial charge in [0.1, 0.15) is 17.0 Å². The maximum Gasteiger partial charge on any atom is 0.421 e. The van der Waals surface area contributed by atoms with Crippen LogP contribution in [0.2, 0.25) is 0 Å². The van der Waals surface area contributed by atoms with Gasteiger partial charge < -0.3 is 20.1 Å². The average Bonchev–Trinajstić information content (AvgIpc) is 2.60. The Labute approximate surface area is 185 Å². The molecule has 32 heavy (non-hydrogen) atoms. The summed E-state index contributed by atoms with van der Waals surface area (Å²) in [6.45, 7) is 10.7. The summed E-state index contributed by atoms with van der Waals surface area (Å²) in [4.78, 5) is 23.8. The van der Waals surface area contributed by atoms with Gasteiger partial charge in [-0.05, 0) is 57.6 Å². The number of rotatable bonds is 5. The van der Waals surface area contributed by atoms with E-state index in [4.69, 9.17) is 4.74 Å². The lowest BCUT2D eigenvalue weighted by molar-refractivity contribution is -0.139. The monoisotopic (exact) mass is 462 g/mol. The summed E-state index contributed by atoms with van der Waals surface area (Å²) >= 11 is 0. The summed E-state index contributed by atoms with van der Waals surface area (Å²) in [5.41, 5.74) is -3.47. The molecule has 0 aliphatic heterocycles. The van der Waals surface area contributed by atoms with Crippen LogP contribution in [-0.2, 0) is 15.7 Å². The fourth-order valence-electron chi connectivity index (χ4n) is 4.09. The topological polar surface area (TPSA) is 76.7 Å². The number of halogens is 4. The molecule has 1 amide bonds. The highest BCUT2D eigenvalue weighted by atomic mass is 19.4. The lowest BCUT2D eigenvalue weighted by Gasteiger charge is -2.54. The number of nitrogens with one attached hydrogen (secondary N) is 2. The second-order valence-electron chi connectivity index (χ2n) is 9.67. The molecular formula is C22H30F4N2O4. The largest absolute Gasteiger partial charge is 0.465 e. The number of alkyl carbamates (subject to hydrolysis) is 1. The van der Waals surface area contributed by atoms with Gasteiger partial charge in [0.05, 0.1) is 18.4 Å². The van der Waals surface area contributed by atoms with Crippen LogP contribution < -0.4 is 10.6 Å². The van der Waals surface area contributed by atoms with E-state index in [2.05, 4.69) is 15.4 Å². The standard InChI is InChI=1S/C22H30F4N2O4/c1-11(13-10-16(21(13,5)6)28-19(30)32-20(2,3)4)27-15-9-12(18(29)31-7)8-14(23)17(15)22(24,25)26/h8-9,11,13,16,27H,10H2,1-7H3,(H,28,30)/t11-,13+,16+/m0/s1. The molecule has 1 fully saturated rings. The first-order valence-electron chi connectivity index (χ1n) is 10.2. The molecule has 1 aromatic rings. The molecule has 0 heterocycles. The first kappa shape index (κ1) is 25.7. The molecule has 2 N–H and O–H groups in total. The molecule has 0 unspecified atom stereocenters. The molecule has 6 nitrogen and oxygen atoms in total. The van der Waals surface area contributed by atoms with E-state index in [-0.39, 0.29) is 17.5 Å². The third kappa shape index (κ3) is 5.63. The van der Waals surface area contributed by atoms with Gasteiger partial charge in [-0.15, -0.1) is 0 Å². The zero-order valence-electron chi connectivity index (χ0n) is 19.2. The van der Waals surface area contributed by atoms with Gasteiger partial charge in [0.2, 0.25) is 0 Å². The second-order valence-corrected chi connectivity index (χ2v) is 9.67. The molecular weight excluding hydrogens is 432 g/mol. The van der Waals surface area contributed by atoms with Crippen molar-refractivity contribution in [2.45, 2.75) is 71.8 Å². The lowest BCUT2D eigenvalue weighted by atomic mass is 9.56. The van der Waals surface area contributed by atoms with Gasteiger partial charge in [0.15, 0.2) is 0 Å².